The largest absolute Gasteiger partial charge is 0.497 e. The quantitative estimate of drug-likeness (QED) is 0.945. The van der Waals surface area contributed by atoms with Gasteiger partial charge in [-0.1, -0.05) is 0 Å². The Labute approximate surface area is 124 Å². The highest BCUT2D eigenvalue weighted by Crippen LogP contribution is 2.30. The number of ether oxygens (including phenoxy) is 1. The summed E-state index contributed by atoms with van der Waals surface area (Å²) < 4.78 is 7.15. The summed E-state index contributed by atoms with van der Waals surface area (Å²) in [5.74, 6) is 0.764. The Hall–Kier alpha value is -1.75. The van der Waals surface area contributed by atoms with Gasteiger partial charge in [0, 0.05) is 18.7 Å². The second-order valence-electron chi connectivity index (χ2n) is 5.99. The van der Waals surface area contributed by atoms with E-state index < -0.39 is 0 Å². The number of imidazole rings is 1. The zero-order valence-electron chi connectivity index (χ0n) is 12.9. The first-order chi connectivity index (χ1) is 10.1. The molecule has 1 aromatic heterocycles. The fourth-order valence-electron chi connectivity index (χ4n) is 3.35. The molecule has 0 spiro atoms. The molecule has 5 nitrogen and oxygen atoms in total. The lowest BCUT2D eigenvalue weighted by Gasteiger charge is -2.39. The van der Waals surface area contributed by atoms with Crippen molar-refractivity contribution < 1.29 is 4.74 Å². The van der Waals surface area contributed by atoms with Crippen LogP contribution in [0.25, 0.3) is 11.0 Å². The zero-order valence-corrected chi connectivity index (χ0v) is 12.9. The smallest absolute Gasteiger partial charge is 0.327 e. The second kappa shape index (κ2) is 5.56. The van der Waals surface area contributed by atoms with Gasteiger partial charge >= 0.3 is 5.69 Å². The van der Waals surface area contributed by atoms with Crippen molar-refractivity contribution in [2.45, 2.75) is 45.3 Å². The summed E-state index contributed by atoms with van der Waals surface area (Å²) in [7, 11) is 1.64. The van der Waals surface area contributed by atoms with Gasteiger partial charge in [-0.15, -0.1) is 0 Å². The van der Waals surface area contributed by atoms with Gasteiger partial charge in [0.1, 0.15) is 5.75 Å². The van der Waals surface area contributed by atoms with Crippen LogP contribution in [-0.2, 0) is 0 Å². The SMILES string of the molecule is COc1ccc2c(c1)[nH]c(=O)n2C1CCCCN1C(C)C. The molecule has 0 saturated carbocycles. The van der Waals surface area contributed by atoms with Crippen molar-refractivity contribution in [3.63, 3.8) is 0 Å². The summed E-state index contributed by atoms with van der Waals surface area (Å²) in [6.45, 7) is 5.44. The van der Waals surface area contributed by atoms with Crippen molar-refractivity contribution in [3.8, 4) is 5.75 Å². The molecule has 21 heavy (non-hydrogen) atoms. The van der Waals surface area contributed by atoms with Gasteiger partial charge in [-0.2, -0.15) is 0 Å². The molecule has 0 amide bonds. The molecule has 1 N–H and O–H groups in total. The van der Waals surface area contributed by atoms with Gasteiger partial charge in [0.05, 0.1) is 24.3 Å². The summed E-state index contributed by atoms with van der Waals surface area (Å²) >= 11 is 0. The number of fused-ring (bicyclic) bond motifs is 1. The lowest BCUT2D eigenvalue weighted by Crippen LogP contribution is -2.43. The highest BCUT2D eigenvalue weighted by molar-refractivity contribution is 5.77. The van der Waals surface area contributed by atoms with Crippen molar-refractivity contribution in [2.24, 2.45) is 0 Å². The average molecular weight is 289 g/mol. The van der Waals surface area contributed by atoms with Crippen LogP contribution in [0.15, 0.2) is 23.0 Å². The first kappa shape index (κ1) is 14.2. The molecule has 5 heteroatoms. The molecular formula is C16H23N3O2. The topological polar surface area (TPSA) is 50.3 Å². The number of piperidine rings is 1. The van der Waals surface area contributed by atoms with Gasteiger partial charge in [-0.25, -0.2) is 4.79 Å². The van der Waals surface area contributed by atoms with Crippen molar-refractivity contribution in [2.75, 3.05) is 13.7 Å². The van der Waals surface area contributed by atoms with Crippen molar-refractivity contribution in [1.29, 1.82) is 0 Å². The first-order valence-corrected chi connectivity index (χ1v) is 7.66. The van der Waals surface area contributed by atoms with E-state index in [1.165, 1.54) is 12.8 Å². The van der Waals surface area contributed by atoms with Crippen LogP contribution < -0.4 is 10.4 Å². The number of rotatable bonds is 3. The molecule has 1 atom stereocenters. The maximum absolute atomic E-state index is 12.4. The molecular weight excluding hydrogens is 266 g/mol. The van der Waals surface area contributed by atoms with E-state index in [0.29, 0.717) is 6.04 Å². The summed E-state index contributed by atoms with van der Waals surface area (Å²) in [4.78, 5) is 17.8. The normalized spacial score (nSPS) is 20.3. The van der Waals surface area contributed by atoms with Crippen LogP contribution in [0.4, 0.5) is 0 Å². The Kier molecular flexibility index (Phi) is 3.76. The number of aromatic nitrogens is 2. The number of nitrogens with one attached hydrogen (secondary N) is 1. The summed E-state index contributed by atoms with van der Waals surface area (Å²) in [6, 6.07) is 6.20. The van der Waals surface area contributed by atoms with E-state index >= 15 is 0 Å². The number of aromatic amines is 1. The minimum atomic E-state index is -0.0317. The fraction of sp³-hybridized carbons (Fsp3) is 0.562. The van der Waals surface area contributed by atoms with Gasteiger partial charge in [-0.3, -0.25) is 9.47 Å². The lowest BCUT2D eigenvalue weighted by atomic mass is 10.1. The molecule has 3 rings (SSSR count). The molecule has 1 aliphatic rings. The summed E-state index contributed by atoms with van der Waals surface area (Å²) in [5.41, 5.74) is 1.77. The molecule has 0 bridgehead atoms. The Balaban J connectivity index is 2.10. The fourth-order valence-corrected chi connectivity index (χ4v) is 3.35. The maximum atomic E-state index is 12.4. The van der Waals surface area contributed by atoms with E-state index in [9.17, 15) is 4.79 Å². The van der Waals surface area contributed by atoms with Gasteiger partial charge in [0.25, 0.3) is 0 Å². The van der Waals surface area contributed by atoms with E-state index in [1.54, 1.807) is 7.11 Å². The molecule has 0 radical (unpaired) electrons. The molecule has 1 saturated heterocycles. The van der Waals surface area contributed by atoms with Gasteiger partial charge in [0.15, 0.2) is 0 Å². The number of likely N-dealkylation sites (tertiary alicyclic amines) is 1. The van der Waals surface area contributed by atoms with Crippen LogP contribution in [0.2, 0.25) is 0 Å². The zero-order chi connectivity index (χ0) is 15.0. The molecule has 1 fully saturated rings. The summed E-state index contributed by atoms with van der Waals surface area (Å²) in [5, 5.41) is 0. The van der Waals surface area contributed by atoms with Gasteiger partial charge < -0.3 is 9.72 Å². The third-order valence-electron chi connectivity index (χ3n) is 4.40. The Bertz CT molecular complexity index is 686. The Morgan fingerprint density at radius 2 is 2.14 bits per heavy atom. The third-order valence-corrected chi connectivity index (χ3v) is 4.40. The van der Waals surface area contributed by atoms with Crippen molar-refractivity contribution in [1.82, 2.24) is 14.5 Å². The second-order valence-corrected chi connectivity index (χ2v) is 5.99. The standard InChI is InChI=1S/C16H23N3O2/c1-11(2)18-9-5-4-6-15(18)19-14-8-7-12(21-3)10-13(14)17-16(19)20/h7-8,10-11,15H,4-6,9H2,1-3H3,(H,17,20). The Morgan fingerprint density at radius 3 is 2.86 bits per heavy atom. The predicted molar refractivity (Wildman–Crippen MR) is 83.8 cm³/mol. The average Bonchev–Trinajstić information content (AvgIpc) is 2.81. The molecule has 2 aromatic rings. The van der Waals surface area contributed by atoms with Crippen LogP contribution in [0.1, 0.15) is 39.3 Å². The number of H-pyrrole nitrogens is 1. The number of benzene rings is 1. The van der Waals surface area contributed by atoms with E-state index in [4.69, 9.17) is 4.74 Å². The molecule has 1 aliphatic heterocycles. The van der Waals surface area contributed by atoms with Gasteiger partial charge in [-0.05, 0) is 45.2 Å². The number of hydrogen-bond donors (Lipinski definition) is 1. The molecule has 0 aliphatic carbocycles. The van der Waals surface area contributed by atoms with E-state index in [1.807, 2.05) is 22.8 Å². The number of nitrogens with zero attached hydrogens (tertiary/aromatic N) is 2. The monoisotopic (exact) mass is 289 g/mol. The summed E-state index contributed by atoms with van der Waals surface area (Å²) in [6.07, 6.45) is 3.55. The van der Waals surface area contributed by atoms with Crippen LogP contribution >= 0.6 is 0 Å². The van der Waals surface area contributed by atoms with Gasteiger partial charge in [0.2, 0.25) is 0 Å². The minimum absolute atomic E-state index is 0.0317. The first-order valence-electron chi connectivity index (χ1n) is 7.66. The predicted octanol–water partition coefficient (Wildman–Crippen LogP) is 2.73. The van der Waals surface area contributed by atoms with Crippen LogP contribution in [-0.4, -0.2) is 34.1 Å². The molecule has 1 unspecified atom stereocenters. The van der Waals surface area contributed by atoms with Crippen LogP contribution in [0.3, 0.4) is 0 Å². The Morgan fingerprint density at radius 1 is 1.33 bits per heavy atom. The van der Waals surface area contributed by atoms with Crippen molar-refractivity contribution >= 4 is 11.0 Å². The van der Waals surface area contributed by atoms with Crippen LogP contribution in [0.5, 0.6) is 5.75 Å². The molecule has 2 heterocycles. The van der Waals surface area contributed by atoms with Crippen LogP contribution in [0, 0.1) is 0 Å². The minimum Gasteiger partial charge on any atom is -0.497 e. The van der Waals surface area contributed by atoms with Crippen molar-refractivity contribution in [3.05, 3.63) is 28.7 Å². The van der Waals surface area contributed by atoms with E-state index in [0.717, 1.165) is 29.7 Å². The van der Waals surface area contributed by atoms with E-state index in [-0.39, 0.29) is 11.9 Å². The van der Waals surface area contributed by atoms with E-state index in [2.05, 4.69) is 23.7 Å². The highest BCUT2D eigenvalue weighted by atomic mass is 16.5. The number of hydrogen-bond acceptors (Lipinski definition) is 3. The lowest BCUT2D eigenvalue weighted by molar-refractivity contribution is 0.0649. The number of methoxy groups -OCH3 is 1. The molecule has 1 aromatic carbocycles. The third kappa shape index (κ3) is 2.46. The highest BCUT2D eigenvalue weighted by Gasteiger charge is 2.28. The maximum Gasteiger partial charge on any atom is 0.327 e. The molecule has 114 valence electrons.